The highest BCUT2D eigenvalue weighted by Crippen LogP contribution is 2.02. The zero-order valence-corrected chi connectivity index (χ0v) is 11.3. The molecule has 0 saturated carbocycles. The van der Waals surface area contributed by atoms with Crippen LogP contribution in [0.1, 0.15) is 18.9 Å². The van der Waals surface area contributed by atoms with Crippen LogP contribution in [0.4, 0.5) is 0 Å². The molecule has 4 heteroatoms. The Labute approximate surface area is 104 Å². The maximum absolute atomic E-state index is 10.9. The molecule has 1 rings (SSSR count). The number of nitrogens with one attached hydrogen (secondary N) is 1. The zero-order chi connectivity index (χ0) is 12.7. The van der Waals surface area contributed by atoms with Gasteiger partial charge in [0.15, 0.2) is 0 Å². The van der Waals surface area contributed by atoms with Crippen molar-refractivity contribution >= 4 is 9.84 Å². The molecular weight excluding hydrogens is 234 g/mol. The Morgan fingerprint density at radius 1 is 1.24 bits per heavy atom. The fourth-order valence-corrected chi connectivity index (χ4v) is 2.39. The van der Waals surface area contributed by atoms with Crippen LogP contribution < -0.4 is 5.32 Å². The van der Waals surface area contributed by atoms with E-state index in [4.69, 9.17) is 0 Å². The van der Waals surface area contributed by atoms with E-state index >= 15 is 0 Å². The molecule has 1 atom stereocenters. The average molecular weight is 255 g/mol. The SMILES string of the molecule is CC(Cc1ccccc1)NCCCS(C)(=O)=O. The molecular formula is C13H21NO2S. The van der Waals surface area contributed by atoms with Crippen LogP contribution in [-0.4, -0.2) is 33.0 Å². The van der Waals surface area contributed by atoms with Crippen molar-refractivity contribution in [2.45, 2.75) is 25.8 Å². The fourth-order valence-electron chi connectivity index (χ4n) is 1.72. The second kappa shape index (κ2) is 6.77. The molecule has 0 aliphatic carbocycles. The molecule has 1 aromatic rings. The van der Waals surface area contributed by atoms with Crippen molar-refractivity contribution in [3.05, 3.63) is 35.9 Å². The number of hydrogen-bond donors (Lipinski definition) is 1. The summed E-state index contributed by atoms with van der Waals surface area (Å²) in [5.41, 5.74) is 1.30. The molecule has 0 radical (unpaired) electrons. The smallest absolute Gasteiger partial charge is 0.147 e. The Morgan fingerprint density at radius 2 is 1.88 bits per heavy atom. The molecule has 96 valence electrons. The third kappa shape index (κ3) is 7.13. The van der Waals surface area contributed by atoms with Gasteiger partial charge in [0.1, 0.15) is 9.84 Å². The van der Waals surface area contributed by atoms with Gasteiger partial charge in [0.2, 0.25) is 0 Å². The number of sulfone groups is 1. The standard InChI is InChI=1S/C13H21NO2S/c1-12(11-13-7-4-3-5-8-13)14-9-6-10-17(2,15)16/h3-5,7-8,12,14H,6,9-11H2,1-2H3. The van der Waals surface area contributed by atoms with Crippen LogP contribution >= 0.6 is 0 Å². The third-order valence-corrected chi connectivity index (χ3v) is 3.60. The van der Waals surface area contributed by atoms with Gasteiger partial charge >= 0.3 is 0 Å². The molecule has 0 aliphatic heterocycles. The highest BCUT2D eigenvalue weighted by Gasteiger charge is 2.04. The van der Waals surface area contributed by atoms with Crippen molar-refractivity contribution < 1.29 is 8.42 Å². The quantitative estimate of drug-likeness (QED) is 0.753. The van der Waals surface area contributed by atoms with Crippen molar-refractivity contribution in [2.75, 3.05) is 18.6 Å². The first-order chi connectivity index (χ1) is 7.97. The molecule has 1 N–H and O–H groups in total. The average Bonchev–Trinajstić information content (AvgIpc) is 2.25. The topological polar surface area (TPSA) is 46.2 Å². The van der Waals surface area contributed by atoms with Crippen LogP contribution in [0.25, 0.3) is 0 Å². The highest BCUT2D eigenvalue weighted by molar-refractivity contribution is 7.90. The van der Waals surface area contributed by atoms with E-state index in [0.29, 0.717) is 12.5 Å². The van der Waals surface area contributed by atoms with Crippen LogP contribution in [0, 0.1) is 0 Å². The van der Waals surface area contributed by atoms with E-state index in [1.54, 1.807) is 0 Å². The van der Waals surface area contributed by atoms with Gasteiger partial charge in [0, 0.05) is 12.3 Å². The van der Waals surface area contributed by atoms with E-state index in [9.17, 15) is 8.42 Å². The second-order valence-electron chi connectivity index (χ2n) is 4.53. The van der Waals surface area contributed by atoms with E-state index in [0.717, 1.165) is 13.0 Å². The minimum absolute atomic E-state index is 0.262. The summed E-state index contributed by atoms with van der Waals surface area (Å²) < 4.78 is 21.9. The number of hydrogen-bond acceptors (Lipinski definition) is 3. The van der Waals surface area contributed by atoms with Gasteiger partial charge in [-0.05, 0) is 31.9 Å². The molecule has 0 saturated heterocycles. The Morgan fingerprint density at radius 3 is 2.47 bits per heavy atom. The largest absolute Gasteiger partial charge is 0.314 e. The van der Waals surface area contributed by atoms with Crippen LogP contribution in [0.2, 0.25) is 0 Å². The van der Waals surface area contributed by atoms with Crippen molar-refractivity contribution in [3.63, 3.8) is 0 Å². The molecule has 1 aromatic carbocycles. The normalized spacial score (nSPS) is 13.5. The predicted octanol–water partition coefficient (Wildman–Crippen LogP) is 1.64. The molecule has 0 heterocycles. The van der Waals surface area contributed by atoms with E-state index in [1.807, 2.05) is 18.2 Å². The lowest BCUT2D eigenvalue weighted by molar-refractivity contribution is 0.539. The summed E-state index contributed by atoms with van der Waals surface area (Å²) in [5.74, 6) is 0.262. The van der Waals surface area contributed by atoms with Gasteiger partial charge in [-0.25, -0.2) is 8.42 Å². The van der Waals surface area contributed by atoms with Gasteiger partial charge in [0.25, 0.3) is 0 Å². The maximum Gasteiger partial charge on any atom is 0.147 e. The van der Waals surface area contributed by atoms with Crippen molar-refractivity contribution in [1.29, 1.82) is 0 Å². The molecule has 3 nitrogen and oxygen atoms in total. The summed E-state index contributed by atoms with van der Waals surface area (Å²) in [5, 5.41) is 3.34. The van der Waals surface area contributed by atoms with Gasteiger partial charge < -0.3 is 5.32 Å². The van der Waals surface area contributed by atoms with Gasteiger partial charge in [0.05, 0.1) is 5.75 Å². The van der Waals surface area contributed by atoms with Crippen LogP contribution in [-0.2, 0) is 16.3 Å². The summed E-state index contributed by atoms with van der Waals surface area (Å²) in [6.45, 7) is 2.87. The lowest BCUT2D eigenvalue weighted by Crippen LogP contribution is -2.29. The van der Waals surface area contributed by atoms with E-state index in [-0.39, 0.29) is 5.75 Å². The molecule has 1 unspecified atom stereocenters. The molecule has 0 aromatic heterocycles. The lowest BCUT2D eigenvalue weighted by Gasteiger charge is -2.13. The monoisotopic (exact) mass is 255 g/mol. The first-order valence-electron chi connectivity index (χ1n) is 5.92. The Bertz CT molecular complexity index is 414. The fraction of sp³-hybridized carbons (Fsp3) is 0.538. The summed E-state index contributed by atoms with van der Waals surface area (Å²) in [4.78, 5) is 0. The van der Waals surface area contributed by atoms with E-state index < -0.39 is 9.84 Å². The number of benzene rings is 1. The molecule has 0 fully saturated rings. The third-order valence-electron chi connectivity index (χ3n) is 2.57. The van der Waals surface area contributed by atoms with Crippen molar-refractivity contribution in [2.24, 2.45) is 0 Å². The molecule has 0 aliphatic rings. The van der Waals surface area contributed by atoms with E-state index in [1.165, 1.54) is 11.8 Å². The highest BCUT2D eigenvalue weighted by atomic mass is 32.2. The van der Waals surface area contributed by atoms with Gasteiger partial charge in [-0.1, -0.05) is 30.3 Å². The first kappa shape index (κ1) is 14.2. The van der Waals surface area contributed by atoms with Crippen LogP contribution in [0.3, 0.4) is 0 Å². The maximum atomic E-state index is 10.9. The molecule has 0 amide bonds. The summed E-state index contributed by atoms with van der Waals surface area (Å²) in [6, 6.07) is 10.7. The number of rotatable bonds is 7. The van der Waals surface area contributed by atoms with Crippen LogP contribution in [0.5, 0.6) is 0 Å². The Hall–Kier alpha value is -0.870. The van der Waals surface area contributed by atoms with E-state index in [2.05, 4.69) is 24.4 Å². The minimum atomic E-state index is -2.82. The Balaban J connectivity index is 2.20. The summed E-state index contributed by atoms with van der Waals surface area (Å²) in [6.07, 6.45) is 2.93. The molecule has 0 bridgehead atoms. The minimum Gasteiger partial charge on any atom is -0.314 e. The van der Waals surface area contributed by atoms with Crippen molar-refractivity contribution in [1.82, 2.24) is 5.32 Å². The molecule has 0 spiro atoms. The summed E-state index contributed by atoms with van der Waals surface area (Å²) in [7, 11) is -2.82. The van der Waals surface area contributed by atoms with Gasteiger partial charge in [-0.3, -0.25) is 0 Å². The summed E-state index contributed by atoms with van der Waals surface area (Å²) >= 11 is 0. The Kier molecular flexibility index (Phi) is 5.65. The lowest BCUT2D eigenvalue weighted by atomic mass is 10.1. The second-order valence-corrected chi connectivity index (χ2v) is 6.79. The van der Waals surface area contributed by atoms with Crippen LogP contribution in [0.15, 0.2) is 30.3 Å². The van der Waals surface area contributed by atoms with Gasteiger partial charge in [-0.15, -0.1) is 0 Å². The zero-order valence-electron chi connectivity index (χ0n) is 10.5. The first-order valence-corrected chi connectivity index (χ1v) is 7.98. The van der Waals surface area contributed by atoms with Crippen molar-refractivity contribution in [3.8, 4) is 0 Å². The van der Waals surface area contributed by atoms with Gasteiger partial charge in [-0.2, -0.15) is 0 Å². The molecule has 17 heavy (non-hydrogen) atoms. The predicted molar refractivity (Wildman–Crippen MR) is 71.9 cm³/mol.